The summed E-state index contributed by atoms with van der Waals surface area (Å²) in [6, 6.07) is 7.32. The molecule has 0 atom stereocenters. The quantitative estimate of drug-likeness (QED) is 0.618. The van der Waals surface area contributed by atoms with Gasteiger partial charge in [0.25, 0.3) is 0 Å². The molecule has 0 bridgehead atoms. The fourth-order valence-corrected chi connectivity index (χ4v) is 2.72. The molecule has 0 aliphatic carbocycles. The smallest absolute Gasteiger partial charge is 0.354 e. The van der Waals surface area contributed by atoms with E-state index >= 15 is 0 Å². The van der Waals surface area contributed by atoms with E-state index in [1.54, 1.807) is 10.9 Å². The lowest BCUT2D eigenvalue weighted by Gasteiger charge is -2.09. The highest BCUT2D eigenvalue weighted by Gasteiger charge is 2.12. The van der Waals surface area contributed by atoms with Crippen molar-refractivity contribution in [2.24, 2.45) is 0 Å². The van der Waals surface area contributed by atoms with Crippen LogP contribution in [0, 0.1) is 13.8 Å². The van der Waals surface area contributed by atoms with Crippen LogP contribution in [0.1, 0.15) is 28.0 Å². The van der Waals surface area contributed by atoms with Gasteiger partial charge in [-0.3, -0.25) is 9.48 Å². The van der Waals surface area contributed by atoms with Crippen LogP contribution in [-0.4, -0.2) is 36.5 Å². The van der Waals surface area contributed by atoms with Gasteiger partial charge in [-0.25, -0.2) is 9.48 Å². The molecule has 2 aromatic heterocycles. The van der Waals surface area contributed by atoms with Crippen molar-refractivity contribution in [2.45, 2.75) is 33.5 Å². The number of aryl methyl sites for hydroxylation is 3. The molecule has 1 aromatic carbocycles. The standard InChI is InChI=1S/C19H21N5O4/c1-13-3-4-17(14(2)9-13)28-12-23-11-15(10-21-23)22-18(25)6-8-24-16(19(26)27)5-7-20-24/h3-5,7,9-11H,6,8,12H2,1-2H3,(H,22,25)(H,26,27). The number of aromatic nitrogens is 4. The zero-order valence-electron chi connectivity index (χ0n) is 15.6. The van der Waals surface area contributed by atoms with Gasteiger partial charge in [0, 0.05) is 12.6 Å². The molecule has 2 heterocycles. The summed E-state index contributed by atoms with van der Waals surface area (Å²) >= 11 is 0. The maximum absolute atomic E-state index is 12.1. The van der Waals surface area contributed by atoms with Crippen molar-refractivity contribution in [3.8, 4) is 5.75 Å². The van der Waals surface area contributed by atoms with Crippen LogP contribution >= 0.6 is 0 Å². The van der Waals surface area contributed by atoms with Crippen molar-refractivity contribution in [3.05, 3.63) is 59.7 Å². The van der Waals surface area contributed by atoms with E-state index in [-0.39, 0.29) is 31.3 Å². The molecule has 9 nitrogen and oxygen atoms in total. The lowest BCUT2D eigenvalue weighted by atomic mass is 10.1. The van der Waals surface area contributed by atoms with Crippen LogP contribution in [0.15, 0.2) is 42.9 Å². The van der Waals surface area contributed by atoms with Crippen LogP contribution in [0.4, 0.5) is 5.69 Å². The van der Waals surface area contributed by atoms with Gasteiger partial charge in [0.15, 0.2) is 6.73 Å². The Morgan fingerprint density at radius 2 is 2.04 bits per heavy atom. The second kappa shape index (κ2) is 8.38. The van der Waals surface area contributed by atoms with Crippen LogP contribution in [0.25, 0.3) is 0 Å². The molecule has 0 saturated heterocycles. The Labute approximate surface area is 161 Å². The lowest BCUT2D eigenvalue weighted by molar-refractivity contribution is -0.116. The molecule has 3 aromatic rings. The van der Waals surface area contributed by atoms with Crippen LogP contribution in [0.2, 0.25) is 0 Å². The zero-order chi connectivity index (χ0) is 20.1. The van der Waals surface area contributed by atoms with Gasteiger partial charge in [-0.2, -0.15) is 10.2 Å². The average Bonchev–Trinajstić information content (AvgIpc) is 3.28. The van der Waals surface area contributed by atoms with E-state index in [2.05, 4.69) is 15.5 Å². The van der Waals surface area contributed by atoms with Gasteiger partial charge in [0.05, 0.1) is 24.6 Å². The van der Waals surface area contributed by atoms with Gasteiger partial charge in [-0.1, -0.05) is 17.7 Å². The van der Waals surface area contributed by atoms with E-state index in [1.807, 2.05) is 32.0 Å². The Balaban J connectivity index is 1.50. The number of carbonyl (C=O) groups excluding carboxylic acids is 1. The normalized spacial score (nSPS) is 10.6. The summed E-state index contributed by atoms with van der Waals surface area (Å²) in [6.07, 6.45) is 4.67. The van der Waals surface area contributed by atoms with Crippen LogP contribution < -0.4 is 10.1 Å². The van der Waals surface area contributed by atoms with Crippen molar-refractivity contribution >= 4 is 17.6 Å². The Morgan fingerprint density at radius 3 is 2.79 bits per heavy atom. The summed E-state index contributed by atoms with van der Waals surface area (Å²) in [4.78, 5) is 23.1. The molecule has 146 valence electrons. The number of rotatable bonds is 8. The molecular weight excluding hydrogens is 362 g/mol. The molecule has 0 spiro atoms. The van der Waals surface area contributed by atoms with Crippen molar-refractivity contribution < 1.29 is 19.4 Å². The number of carboxylic acids is 1. The number of hydrogen-bond acceptors (Lipinski definition) is 5. The van der Waals surface area contributed by atoms with Crippen molar-refractivity contribution in [2.75, 3.05) is 5.32 Å². The number of carbonyl (C=O) groups is 2. The van der Waals surface area contributed by atoms with Gasteiger partial charge in [0.2, 0.25) is 5.91 Å². The number of carboxylic acid groups (broad SMARTS) is 1. The van der Waals surface area contributed by atoms with Crippen LogP contribution in [-0.2, 0) is 18.1 Å². The predicted octanol–water partition coefficient (Wildman–Crippen LogP) is 2.46. The third-order valence-electron chi connectivity index (χ3n) is 4.09. The molecule has 1 amide bonds. The monoisotopic (exact) mass is 383 g/mol. The number of aromatic carboxylic acids is 1. The highest BCUT2D eigenvalue weighted by Crippen LogP contribution is 2.19. The first-order valence-corrected chi connectivity index (χ1v) is 8.70. The predicted molar refractivity (Wildman–Crippen MR) is 101 cm³/mol. The molecule has 0 unspecified atom stereocenters. The fraction of sp³-hybridized carbons (Fsp3) is 0.263. The second-order valence-corrected chi connectivity index (χ2v) is 6.35. The van der Waals surface area contributed by atoms with E-state index in [1.165, 1.54) is 28.7 Å². The minimum absolute atomic E-state index is 0.0455. The molecule has 0 aliphatic heterocycles. The number of nitrogens with one attached hydrogen (secondary N) is 1. The first-order valence-electron chi connectivity index (χ1n) is 8.70. The van der Waals surface area contributed by atoms with Crippen molar-refractivity contribution in [1.82, 2.24) is 19.6 Å². The maximum atomic E-state index is 12.1. The van der Waals surface area contributed by atoms with Crippen molar-refractivity contribution in [1.29, 1.82) is 0 Å². The SMILES string of the molecule is Cc1ccc(OCn2cc(NC(=O)CCn3nccc3C(=O)O)cn2)c(C)c1. The summed E-state index contributed by atoms with van der Waals surface area (Å²) in [7, 11) is 0. The fourth-order valence-electron chi connectivity index (χ4n) is 2.72. The van der Waals surface area contributed by atoms with Gasteiger partial charge in [0.1, 0.15) is 11.4 Å². The first kappa shape index (κ1) is 19.2. The summed E-state index contributed by atoms with van der Waals surface area (Å²) in [5.41, 5.74) is 2.79. The zero-order valence-corrected chi connectivity index (χ0v) is 15.6. The van der Waals surface area contributed by atoms with E-state index in [0.717, 1.165) is 11.3 Å². The van der Waals surface area contributed by atoms with Crippen molar-refractivity contribution in [3.63, 3.8) is 0 Å². The number of ether oxygens (including phenoxy) is 1. The summed E-state index contributed by atoms with van der Waals surface area (Å²) in [6.45, 7) is 4.39. The van der Waals surface area contributed by atoms with Gasteiger partial charge < -0.3 is 15.2 Å². The molecule has 28 heavy (non-hydrogen) atoms. The molecule has 9 heteroatoms. The highest BCUT2D eigenvalue weighted by atomic mass is 16.5. The first-order chi connectivity index (χ1) is 13.4. The maximum Gasteiger partial charge on any atom is 0.354 e. The van der Waals surface area contributed by atoms with Crippen LogP contribution in [0.3, 0.4) is 0 Å². The Kier molecular flexibility index (Phi) is 5.73. The average molecular weight is 383 g/mol. The molecule has 2 N–H and O–H groups in total. The third kappa shape index (κ3) is 4.76. The number of amides is 1. The number of anilines is 1. The lowest BCUT2D eigenvalue weighted by Crippen LogP contribution is -2.17. The van der Waals surface area contributed by atoms with E-state index in [9.17, 15) is 9.59 Å². The minimum atomic E-state index is -1.08. The van der Waals surface area contributed by atoms with Gasteiger partial charge in [-0.05, 0) is 31.5 Å². The Morgan fingerprint density at radius 1 is 1.21 bits per heavy atom. The van der Waals surface area contributed by atoms with E-state index < -0.39 is 5.97 Å². The van der Waals surface area contributed by atoms with E-state index in [0.29, 0.717) is 5.69 Å². The summed E-state index contributed by atoms with van der Waals surface area (Å²) < 4.78 is 8.60. The minimum Gasteiger partial charge on any atom is -0.477 e. The molecule has 0 saturated carbocycles. The Bertz CT molecular complexity index is 992. The molecular formula is C19H21N5O4. The number of hydrogen-bond donors (Lipinski definition) is 2. The topological polar surface area (TPSA) is 111 Å². The van der Waals surface area contributed by atoms with Gasteiger partial charge >= 0.3 is 5.97 Å². The van der Waals surface area contributed by atoms with E-state index in [4.69, 9.17) is 9.84 Å². The number of benzene rings is 1. The van der Waals surface area contributed by atoms with Crippen LogP contribution in [0.5, 0.6) is 5.75 Å². The van der Waals surface area contributed by atoms with Gasteiger partial charge in [-0.15, -0.1) is 0 Å². The highest BCUT2D eigenvalue weighted by molar-refractivity contribution is 5.90. The molecule has 0 fully saturated rings. The molecule has 3 rings (SSSR count). The third-order valence-corrected chi connectivity index (χ3v) is 4.09. The Hall–Kier alpha value is -3.62. The second-order valence-electron chi connectivity index (χ2n) is 6.35. The number of nitrogens with zero attached hydrogens (tertiary/aromatic N) is 4. The molecule has 0 aliphatic rings. The summed E-state index contributed by atoms with van der Waals surface area (Å²) in [5, 5.41) is 19.8. The largest absolute Gasteiger partial charge is 0.477 e. The molecule has 0 radical (unpaired) electrons. The summed E-state index contributed by atoms with van der Waals surface area (Å²) in [5.74, 6) is -0.565.